The number of nitrogens with zero attached hydrogens (tertiary/aromatic N) is 2. The van der Waals surface area contributed by atoms with E-state index in [0.717, 1.165) is 17.8 Å². The highest BCUT2D eigenvalue weighted by Gasteiger charge is 2.56. The summed E-state index contributed by atoms with van der Waals surface area (Å²) in [6.45, 7) is 1.21. The van der Waals surface area contributed by atoms with Gasteiger partial charge in [0.1, 0.15) is 18.9 Å². The number of β-lactam (4-membered cyclic amide) rings is 1. The van der Waals surface area contributed by atoms with Crippen LogP contribution in [-0.2, 0) is 30.5 Å². The highest BCUT2D eigenvalue weighted by Crippen LogP contribution is 2.47. The van der Waals surface area contributed by atoms with Gasteiger partial charge in [0.25, 0.3) is 5.69 Å². The third-order valence-electron chi connectivity index (χ3n) is 5.44. The van der Waals surface area contributed by atoms with Crippen molar-refractivity contribution in [2.45, 2.75) is 32.1 Å². The van der Waals surface area contributed by atoms with Gasteiger partial charge >= 0.3 is 18.0 Å². The summed E-state index contributed by atoms with van der Waals surface area (Å²) < 4.78 is 9.91. The highest BCUT2D eigenvalue weighted by atomic mass is 32.2. The van der Waals surface area contributed by atoms with Crippen molar-refractivity contribution < 1.29 is 43.8 Å². The smallest absolute Gasteiger partial charge is 0.407 e. The molecule has 1 aromatic rings. The number of thioether (sulfide) groups is 1. The van der Waals surface area contributed by atoms with E-state index in [1.54, 1.807) is 0 Å². The van der Waals surface area contributed by atoms with Crippen molar-refractivity contribution in [3.05, 3.63) is 62.0 Å². The van der Waals surface area contributed by atoms with Gasteiger partial charge in [-0.1, -0.05) is 11.8 Å². The van der Waals surface area contributed by atoms with E-state index in [2.05, 4.69) is 5.32 Å². The number of hydrogen-bond donors (Lipinski definition) is 3. The number of benzene rings is 1. The van der Waals surface area contributed by atoms with Gasteiger partial charge in [-0.3, -0.25) is 14.9 Å². The zero-order valence-corrected chi connectivity index (χ0v) is 19.8. The lowest BCUT2D eigenvalue weighted by molar-refractivity contribution is -0.384. The van der Waals surface area contributed by atoms with Crippen LogP contribution >= 0.6 is 11.8 Å². The van der Waals surface area contributed by atoms with Gasteiger partial charge in [0.15, 0.2) is 0 Å². The molecule has 2 heterocycles. The number of amides is 2. The van der Waals surface area contributed by atoms with Crippen LogP contribution in [0.1, 0.15) is 18.9 Å². The van der Waals surface area contributed by atoms with Crippen molar-refractivity contribution in [2.24, 2.45) is 5.92 Å². The number of nitrogens with one attached hydrogen (secondary N) is 1. The molecular formula is C22H23N3O10S. The fourth-order valence-electron chi connectivity index (χ4n) is 3.77. The molecule has 0 aliphatic carbocycles. The van der Waals surface area contributed by atoms with Gasteiger partial charge < -0.3 is 29.9 Å². The Morgan fingerprint density at radius 2 is 2.00 bits per heavy atom. The largest absolute Gasteiger partial charge is 0.477 e. The van der Waals surface area contributed by atoms with Gasteiger partial charge in [-0.05, 0) is 30.0 Å². The fourth-order valence-corrected chi connectivity index (χ4v) is 4.68. The van der Waals surface area contributed by atoms with Crippen LogP contribution in [0.5, 0.6) is 0 Å². The Bertz CT molecular complexity index is 1120. The molecule has 0 bridgehead atoms. The Morgan fingerprint density at radius 3 is 2.61 bits per heavy atom. The quantitative estimate of drug-likeness (QED) is 0.0957. The van der Waals surface area contributed by atoms with Gasteiger partial charge in [0, 0.05) is 29.5 Å². The number of carbonyl (C=O) groups excluding carboxylic acids is 3. The molecule has 192 valence electrons. The number of hydrogen-bond acceptors (Lipinski definition) is 10. The number of nitro benzene ring substituents is 1. The number of esters is 1. The van der Waals surface area contributed by atoms with Gasteiger partial charge in [-0.25, -0.2) is 14.4 Å². The fraction of sp³-hybridized carbons (Fsp3) is 0.364. The second kappa shape index (κ2) is 11.7. The molecule has 0 saturated carbocycles. The monoisotopic (exact) mass is 521 g/mol. The molecule has 3 N–H and O–H groups in total. The normalized spacial score (nSPS) is 19.5. The standard InChI is InChI=1S/C22H23N3O10S/c1-12(26)18-15-10-16(19(21(29)30)24(15)20(18)28)36-9-6-17(27)34-8-7-23-22(31)35-11-13-2-4-14(5-3-13)25(32)33/h2-6,9,12,15,18,26H,7-8,10-11H2,1H3,(H,23,31)(H,29,30)/b9-6-/t12-,15+,18-/m0/s1. The van der Waals surface area contributed by atoms with Crippen LogP contribution in [0.2, 0.25) is 0 Å². The van der Waals surface area contributed by atoms with E-state index in [1.165, 1.54) is 41.5 Å². The van der Waals surface area contributed by atoms with Crippen LogP contribution in [0.15, 0.2) is 46.4 Å². The number of ether oxygens (including phenoxy) is 2. The Kier molecular flexibility index (Phi) is 8.66. The molecule has 2 amide bonds. The van der Waals surface area contributed by atoms with E-state index in [0.29, 0.717) is 10.5 Å². The molecular weight excluding hydrogens is 498 g/mol. The first-order valence-corrected chi connectivity index (χ1v) is 11.6. The summed E-state index contributed by atoms with van der Waals surface area (Å²) >= 11 is 0.978. The van der Waals surface area contributed by atoms with Crippen molar-refractivity contribution in [3.8, 4) is 0 Å². The zero-order valence-electron chi connectivity index (χ0n) is 19.0. The molecule has 0 spiro atoms. The van der Waals surface area contributed by atoms with Crippen LogP contribution in [0.3, 0.4) is 0 Å². The predicted molar refractivity (Wildman–Crippen MR) is 124 cm³/mol. The zero-order chi connectivity index (χ0) is 26.4. The number of carbonyl (C=O) groups is 4. The lowest BCUT2D eigenvalue weighted by atomic mass is 9.83. The molecule has 36 heavy (non-hydrogen) atoms. The molecule has 13 nitrogen and oxygen atoms in total. The van der Waals surface area contributed by atoms with Crippen molar-refractivity contribution >= 4 is 41.4 Å². The van der Waals surface area contributed by atoms with Crippen LogP contribution in [0.4, 0.5) is 10.5 Å². The van der Waals surface area contributed by atoms with E-state index >= 15 is 0 Å². The molecule has 1 fully saturated rings. The molecule has 14 heteroatoms. The van der Waals surface area contributed by atoms with Gasteiger partial charge in [-0.15, -0.1) is 0 Å². The average molecular weight is 522 g/mol. The number of carboxylic acids is 1. The number of aliphatic carboxylic acids is 1. The van der Waals surface area contributed by atoms with Crippen molar-refractivity contribution in [2.75, 3.05) is 13.2 Å². The number of fused-ring (bicyclic) bond motifs is 1. The second-order valence-corrected chi connectivity index (χ2v) is 8.84. The van der Waals surface area contributed by atoms with E-state index in [1.807, 2.05) is 0 Å². The highest BCUT2D eigenvalue weighted by molar-refractivity contribution is 8.05. The molecule has 2 aliphatic rings. The maximum absolute atomic E-state index is 12.2. The van der Waals surface area contributed by atoms with Gasteiger partial charge in [0.2, 0.25) is 5.91 Å². The summed E-state index contributed by atoms with van der Waals surface area (Å²) in [6, 6.07) is 5.09. The van der Waals surface area contributed by atoms with Crippen molar-refractivity contribution in [1.82, 2.24) is 10.2 Å². The van der Waals surface area contributed by atoms with E-state index < -0.39 is 46.9 Å². The SMILES string of the molecule is C[C@H](O)[C@@H]1C(=O)N2C(C(=O)O)=C(S/C=C\C(=O)OCCNC(=O)OCc3ccc([N+](=O)[O-])cc3)C[C@H]12. The van der Waals surface area contributed by atoms with E-state index in [-0.39, 0.29) is 37.6 Å². The molecule has 1 saturated heterocycles. The number of carboxylic acid groups (broad SMARTS) is 1. The summed E-state index contributed by atoms with van der Waals surface area (Å²) in [5, 5.41) is 33.6. The van der Waals surface area contributed by atoms with E-state index in [9.17, 15) is 39.5 Å². The molecule has 2 aliphatic heterocycles. The average Bonchev–Trinajstić information content (AvgIpc) is 3.14. The molecule has 3 rings (SSSR count). The molecule has 1 aromatic carbocycles. The second-order valence-electron chi connectivity index (χ2n) is 7.84. The molecule has 0 aromatic heterocycles. The van der Waals surface area contributed by atoms with Gasteiger partial charge in [0.05, 0.1) is 29.5 Å². The maximum atomic E-state index is 12.2. The Balaban J connectivity index is 1.36. The Labute approximate surface area is 208 Å². The number of nitro groups is 1. The summed E-state index contributed by atoms with van der Waals surface area (Å²) in [5.41, 5.74) is 0.329. The number of alkyl carbamates (subject to hydrolysis) is 1. The lowest BCUT2D eigenvalue weighted by Gasteiger charge is -2.44. The third-order valence-corrected chi connectivity index (χ3v) is 6.35. The summed E-state index contributed by atoms with van der Waals surface area (Å²) in [7, 11) is 0. The first-order chi connectivity index (χ1) is 17.1. The van der Waals surface area contributed by atoms with Gasteiger partial charge in [-0.2, -0.15) is 0 Å². The minimum atomic E-state index is -1.26. The first kappa shape index (κ1) is 26.7. The topological polar surface area (TPSA) is 186 Å². The lowest BCUT2D eigenvalue weighted by Crippen LogP contribution is -2.61. The number of non-ortho nitro benzene ring substituents is 1. The molecule has 0 unspecified atom stereocenters. The Hall–Kier alpha value is -3.91. The number of rotatable bonds is 11. The minimum absolute atomic E-state index is 0.0282. The summed E-state index contributed by atoms with van der Waals surface area (Å²) in [6.07, 6.45) is -0.302. The number of aliphatic hydroxyl groups is 1. The number of aliphatic hydroxyl groups excluding tert-OH is 1. The van der Waals surface area contributed by atoms with Crippen LogP contribution in [-0.4, -0.2) is 69.3 Å². The third kappa shape index (κ3) is 6.20. The summed E-state index contributed by atoms with van der Waals surface area (Å²) in [5.74, 6) is -3.08. The summed E-state index contributed by atoms with van der Waals surface area (Å²) in [4.78, 5) is 59.0. The van der Waals surface area contributed by atoms with E-state index in [4.69, 9.17) is 9.47 Å². The minimum Gasteiger partial charge on any atom is -0.477 e. The first-order valence-electron chi connectivity index (χ1n) is 10.7. The van der Waals surface area contributed by atoms with Crippen LogP contribution in [0.25, 0.3) is 0 Å². The predicted octanol–water partition coefficient (Wildman–Crippen LogP) is 1.52. The van der Waals surface area contributed by atoms with Crippen molar-refractivity contribution in [1.29, 1.82) is 0 Å². The maximum Gasteiger partial charge on any atom is 0.407 e. The Morgan fingerprint density at radius 1 is 1.31 bits per heavy atom. The molecule has 3 atom stereocenters. The van der Waals surface area contributed by atoms with Crippen molar-refractivity contribution in [3.63, 3.8) is 0 Å². The van der Waals surface area contributed by atoms with Crippen LogP contribution in [0, 0.1) is 16.0 Å². The van der Waals surface area contributed by atoms with Crippen LogP contribution < -0.4 is 5.32 Å². The molecule has 0 radical (unpaired) electrons.